The fourth-order valence-electron chi connectivity index (χ4n) is 8.52. The quantitative estimate of drug-likeness (QED) is 0.116. The van der Waals surface area contributed by atoms with Crippen LogP contribution < -0.4 is 26.4 Å². The molecule has 3 aromatic carbocycles. The van der Waals surface area contributed by atoms with Gasteiger partial charge in [0.05, 0.1) is 31.4 Å². The molecule has 0 saturated carbocycles. The number of carbonyl (C=O) groups is 1. The van der Waals surface area contributed by atoms with E-state index in [2.05, 4.69) is 24.0 Å². The number of likely N-dealkylation sites (tertiary alicyclic amines) is 1. The molecule has 6 aromatic rings. The number of fused-ring (bicyclic) bond motifs is 1. The molecule has 7 rings (SSSR count). The summed E-state index contributed by atoms with van der Waals surface area (Å²) in [5, 5.41) is 10.7. The van der Waals surface area contributed by atoms with Crippen molar-refractivity contribution in [3.8, 4) is 10.8 Å². The maximum absolute atomic E-state index is 15.1. The Morgan fingerprint density at radius 1 is 1.00 bits per heavy atom. The summed E-state index contributed by atoms with van der Waals surface area (Å²) in [4.78, 5) is 59.4. The zero-order valence-electron chi connectivity index (χ0n) is 33.6. The lowest BCUT2D eigenvalue weighted by Crippen LogP contribution is -2.65. The molecule has 0 spiro atoms. The highest BCUT2D eigenvalue weighted by atomic mass is 32.1. The van der Waals surface area contributed by atoms with Gasteiger partial charge in [-0.15, -0.1) is 4.80 Å². The molecule has 1 fully saturated rings. The van der Waals surface area contributed by atoms with Crippen molar-refractivity contribution in [2.75, 3.05) is 27.3 Å². The summed E-state index contributed by atoms with van der Waals surface area (Å²) in [6.45, 7) is 8.14. The first-order valence-electron chi connectivity index (χ1n) is 19.4. The molecular formula is C43H49FN6O6SSi. The fraction of sp³-hybridized carbons (Fsp3) is 0.372. The number of methoxy groups -OCH3 is 1. The van der Waals surface area contributed by atoms with Gasteiger partial charge in [-0.05, 0) is 73.1 Å². The van der Waals surface area contributed by atoms with Gasteiger partial charge in [0.15, 0.2) is 0 Å². The van der Waals surface area contributed by atoms with E-state index in [-0.39, 0.29) is 24.4 Å². The molecule has 2 atom stereocenters. The van der Waals surface area contributed by atoms with Gasteiger partial charge < -0.3 is 19.2 Å². The van der Waals surface area contributed by atoms with Gasteiger partial charge in [0, 0.05) is 31.3 Å². The van der Waals surface area contributed by atoms with Crippen molar-refractivity contribution in [2.45, 2.75) is 76.6 Å². The number of amides is 1. The van der Waals surface area contributed by atoms with Crippen LogP contribution >= 0.6 is 11.3 Å². The summed E-state index contributed by atoms with van der Waals surface area (Å²) in [6.07, 6.45) is 4.11. The second-order valence-electron chi connectivity index (χ2n) is 15.8. The zero-order chi connectivity index (χ0) is 41.4. The average molecular weight is 825 g/mol. The molecule has 1 unspecified atom stereocenters. The maximum atomic E-state index is 15.1. The smallest absolute Gasteiger partial charge is 0.333 e. The summed E-state index contributed by atoms with van der Waals surface area (Å²) < 4.78 is 30.1. The monoisotopic (exact) mass is 824 g/mol. The van der Waals surface area contributed by atoms with E-state index in [1.807, 2.05) is 60.7 Å². The molecule has 1 aliphatic heterocycles. The molecule has 3 aromatic heterocycles. The van der Waals surface area contributed by atoms with Crippen molar-refractivity contribution in [3.05, 3.63) is 129 Å². The number of piperidine rings is 1. The Morgan fingerprint density at radius 3 is 2.26 bits per heavy atom. The van der Waals surface area contributed by atoms with E-state index in [0.717, 1.165) is 14.9 Å². The van der Waals surface area contributed by atoms with Crippen molar-refractivity contribution < 1.29 is 23.5 Å². The lowest BCUT2D eigenvalue weighted by atomic mass is 9.89. The Hall–Kier alpha value is -5.22. The van der Waals surface area contributed by atoms with E-state index in [1.165, 1.54) is 58.4 Å². The number of aromatic nitrogens is 5. The fourth-order valence-corrected chi connectivity index (χ4v) is 13.5. The highest BCUT2D eigenvalue weighted by molar-refractivity contribution is 7.21. The number of halogens is 1. The predicted octanol–water partition coefficient (Wildman–Crippen LogP) is 5.30. The Kier molecular flexibility index (Phi) is 11.4. The molecule has 1 saturated heterocycles. The minimum Gasteiger partial charge on any atom is -0.496 e. The van der Waals surface area contributed by atoms with Crippen molar-refractivity contribution in [3.63, 3.8) is 0 Å². The molecule has 4 heterocycles. The normalized spacial score (nSPS) is 16.9. The summed E-state index contributed by atoms with van der Waals surface area (Å²) in [6, 6.07) is 23.8. The Bertz CT molecular complexity index is 2500. The van der Waals surface area contributed by atoms with E-state index in [0.29, 0.717) is 58.9 Å². The number of ether oxygens (including phenoxy) is 2. The number of benzene rings is 3. The summed E-state index contributed by atoms with van der Waals surface area (Å²) >= 11 is 1.18. The third-order valence-electron chi connectivity index (χ3n) is 11.8. The number of hydrogen-bond acceptors (Lipinski definition) is 9. The van der Waals surface area contributed by atoms with Gasteiger partial charge in [-0.1, -0.05) is 85.8 Å². The molecule has 1 amide bonds. The van der Waals surface area contributed by atoms with Gasteiger partial charge in [0.2, 0.25) is 5.91 Å². The first kappa shape index (κ1) is 41.0. The lowest BCUT2D eigenvalue weighted by Gasteiger charge is -2.41. The van der Waals surface area contributed by atoms with Crippen molar-refractivity contribution in [1.29, 1.82) is 0 Å². The van der Waals surface area contributed by atoms with Crippen LogP contribution in [0.3, 0.4) is 0 Å². The Balaban J connectivity index is 1.30. The van der Waals surface area contributed by atoms with Crippen molar-refractivity contribution >= 4 is 46.2 Å². The first-order valence-corrected chi connectivity index (χ1v) is 22.2. The first-order chi connectivity index (χ1) is 27.7. The zero-order valence-corrected chi connectivity index (χ0v) is 35.5. The van der Waals surface area contributed by atoms with Crippen LogP contribution in [-0.4, -0.2) is 75.4 Å². The molecule has 15 heteroatoms. The van der Waals surface area contributed by atoms with Gasteiger partial charge in [-0.25, -0.2) is 13.8 Å². The number of likely N-dealkylation sites (N-methyl/N-ethyl adjacent to an activating group) is 1. The van der Waals surface area contributed by atoms with Crippen LogP contribution in [0.4, 0.5) is 4.39 Å². The van der Waals surface area contributed by atoms with E-state index in [9.17, 15) is 19.2 Å². The third-order valence-corrected chi connectivity index (χ3v) is 17.6. The second kappa shape index (κ2) is 16.2. The number of aryl methyl sites for hydroxylation is 1. The minimum atomic E-state index is -3.31. The molecule has 1 N–H and O–H groups in total. The van der Waals surface area contributed by atoms with Gasteiger partial charge in [-0.2, -0.15) is 10.2 Å². The van der Waals surface area contributed by atoms with Crippen LogP contribution in [0.15, 0.2) is 101 Å². The van der Waals surface area contributed by atoms with Gasteiger partial charge >= 0.3 is 5.69 Å². The van der Waals surface area contributed by atoms with Gasteiger partial charge in [0.25, 0.3) is 13.9 Å². The average Bonchev–Trinajstić information content (AvgIpc) is 3.88. The standard InChI is InChI=1S/C43H49FN6O6SSi/c1-29-36-37(51)49(43(4)22-13-25-47(5)40(43)52)41(53)48(39(36)57-38(29)50-45-23-24-46-50)28-35(33-27-30(44)19-20-34(33)55-6)56-26-14-21-42(2,3)58(54,31-15-9-7-10-16-31)32-17-11-8-12-18-32/h7-12,15-20,23-24,27,35,54H,13-14,21-22,25-26,28H2,1-6H3/t35-,43?/m0/s1. The highest BCUT2D eigenvalue weighted by Crippen LogP contribution is 2.41. The molecule has 0 aliphatic carbocycles. The summed E-state index contributed by atoms with van der Waals surface area (Å²) in [5.41, 5.74) is -1.78. The van der Waals surface area contributed by atoms with E-state index >= 15 is 4.39 Å². The molecule has 58 heavy (non-hydrogen) atoms. The van der Waals surface area contributed by atoms with Gasteiger partial charge in [-0.3, -0.25) is 14.2 Å². The Labute approximate surface area is 341 Å². The van der Waals surface area contributed by atoms with Crippen LogP contribution in [0, 0.1) is 12.7 Å². The minimum absolute atomic E-state index is 0.141. The maximum Gasteiger partial charge on any atom is 0.333 e. The molecular weight excluding hydrogens is 776 g/mol. The molecule has 1 aliphatic rings. The number of thiophene rings is 1. The van der Waals surface area contributed by atoms with Crippen molar-refractivity contribution in [2.24, 2.45) is 0 Å². The molecule has 304 valence electrons. The predicted molar refractivity (Wildman–Crippen MR) is 226 cm³/mol. The van der Waals surface area contributed by atoms with Crippen LogP contribution in [0.2, 0.25) is 5.04 Å². The molecule has 12 nitrogen and oxygen atoms in total. The molecule has 0 bridgehead atoms. The SMILES string of the molecule is COc1ccc(F)cc1[C@H](Cn1c(=O)n(C2(C)CCCN(C)C2=O)c(=O)c2c(C)c(-n3nccn3)sc21)OCCCC(C)(C)[Si](O)(c1ccccc1)c1ccccc1. The number of nitrogens with zero attached hydrogens (tertiary/aromatic N) is 6. The summed E-state index contributed by atoms with van der Waals surface area (Å²) in [7, 11) is -0.155. The Morgan fingerprint density at radius 2 is 1.64 bits per heavy atom. The van der Waals surface area contributed by atoms with Crippen LogP contribution in [0.5, 0.6) is 5.75 Å². The lowest BCUT2D eigenvalue weighted by molar-refractivity contribution is -0.142. The van der Waals surface area contributed by atoms with Crippen molar-refractivity contribution in [1.82, 2.24) is 29.0 Å². The largest absolute Gasteiger partial charge is 0.496 e. The van der Waals surface area contributed by atoms with Crippen LogP contribution in [0.1, 0.15) is 63.7 Å². The van der Waals surface area contributed by atoms with Crippen LogP contribution in [0.25, 0.3) is 15.2 Å². The number of hydrogen-bond donors (Lipinski definition) is 1. The van der Waals surface area contributed by atoms with E-state index in [1.54, 1.807) is 25.8 Å². The topological polar surface area (TPSA) is 134 Å². The van der Waals surface area contributed by atoms with E-state index in [4.69, 9.17) is 9.47 Å². The second-order valence-corrected chi connectivity index (χ2v) is 20.8. The summed E-state index contributed by atoms with van der Waals surface area (Å²) in [5.74, 6) is -0.487. The van der Waals surface area contributed by atoms with Crippen LogP contribution in [-0.2, 0) is 21.6 Å². The number of carbonyl (C=O) groups excluding carboxylic acids is 1. The highest BCUT2D eigenvalue weighted by Gasteiger charge is 2.49. The third kappa shape index (κ3) is 7.14. The van der Waals surface area contributed by atoms with E-state index < -0.39 is 42.1 Å². The van der Waals surface area contributed by atoms with Gasteiger partial charge in [0.1, 0.15) is 33.0 Å². The number of rotatable bonds is 14. The molecule has 0 radical (unpaired) electrons.